The molecule has 8 heteroatoms. The number of rotatable bonds is 6. The summed E-state index contributed by atoms with van der Waals surface area (Å²) < 4.78 is 11.3. The number of pyridine rings is 1. The Labute approximate surface area is 228 Å². The number of methoxy groups -OCH3 is 1. The van der Waals surface area contributed by atoms with E-state index in [0.717, 1.165) is 28.0 Å². The predicted octanol–water partition coefficient (Wildman–Crippen LogP) is 5.77. The number of H-pyrrole nitrogens is 1. The summed E-state index contributed by atoms with van der Waals surface area (Å²) in [6, 6.07) is 17.7. The number of hydrogen-bond donors (Lipinski definition) is 1. The number of amides is 2. The molecule has 202 valence electrons. The molecule has 39 heavy (non-hydrogen) atoms. The summed E-state index contributed by atoms with van der Waals surface area (Å²) in [6.45, 7) is 7.73. The Kier molecular flexibility index (Phi) is 6.89. The van der Waals surface area contributed by atoms with E-state index in [0.29, 0.717) is 24.1 Å². The molecule has 1 aliphatic rings. The molecule has 1 N–H and O–H groups in total. The zero-order chi connectivity index (χ0) is 27.8. The minimum atomic E-state index is -1.02. The van der Waals surface area contributed by atoms with Crippen molar-refractivity contribution in [2.45, 2.75) is 57.5 Å². The van der Waals surface area contributed by atoms with E-state index in [4.69, 9.17) is 14.5 Å². The van der Waals surface area contributed by atoms with Crippen molar-refractivity contribution in [2.24, 2.45) is 0 Å². The second kappa shape index (κ2) is 10.2. The van der Waals surface area contributed by atoms with E-state index in [1.807, 2.05) is 42.5 Å². The monoisotopic (exact) mass is 526 g/mol. The topological polar surface area (TPSA) is 97.4 Å². The Morgan fingerprint density at radius 3 is 2.49 bits per heavy atom. The van der Waals surface area contributed by atoms with Gasteiger partial charge in [-0.2, -0.15) is 0 Å². The van der Waals surface area contributed by atoms with Crippen LogP contribution in [-0.2, 0) is 21.4 Å². The first kappa shape index (κ1) is 26.4. The SMILES string of the molecule is COc1ccc(C2(Cc3ccncc3)CCN(C(=O)OC(C)(C)C)C2=O)c2nc(C(C)c3ccccc3)[nH]c12. The summed E-state index contributed by atoms with van der Waals surface area (Å²) in [6.07, 6.45) is 3.63. The Bertz CT molecular complexity index is 1490. The molecule has 2 aromatic heterocycles. The lowest BCUT2D eigenvalue weighted by Crippen LogP contribution is -2.44. The normalized spacial score (nSPS) is 18.4. The van der Waals surface area contributed by atoms with Crippen LogP contribution in [0.2, 0.25) is 0 Å². The molecule has 2 unspecified atom stereocenters. The first-order valence-corrected chi connectivity index (χ1v) is 13.2. The number of likely N-dealkylation sites (tertiary alicyclic amines) is 1. The van der Waals surface area contributed by atoms with Crippen LogP contribution < -0.4 is 4.74 Å². The van der Waals surface area contributed by atoms with Crippen LogP contribution in [0.3, 0.4) is 0 Å². The number of benzene rings is 2. The van der Waals surface area contributed by atoms with Crippen LogP contribution >= 0.6 is 0 Å². The highest BCUT2D eigenvalue weighted by Crippen LogP contribution is 2.44. The average Bonchev–Trinajstić information content (AvgIpc) is 3.50. The molecule has 3 heterocycles. The number of carbonyl (C=O) groups excluding carboxylic acids is 2. The summed E-state index contributed by atoms with van der Waals surface area (Å²) >= 11 is 0. The predicted molar refractivity (Wildman–Crippen MR) is 149 cm³/mol. The fraction of sp³-hybridized carbons (Fsp3) is 0.355. The van der Waals surface area contributed by atoms with Gasteiger partial charge in [0.1, 0.15) is 22.7 Å². The van der Waals surface area contributed by atoms with Crippen LogP contribution in [0.1, 0.15) is 62.5 Å². The number of nitrogens with zero attached hydrogens (tertiary/aromatic N) is 3. The minimum Gasteiger partial charge on any atom is -0.494 e. The van der Waals surface area contributed by atoms with Gasteiger partial charge in [-0.1, -0.05) is 43.3 Å². The van der Waals surface area contributed by atoms with Crippen LogP contribution in [0.4, 0.5) is 4.79 Å². The van der Waals surface area contributed by atoms with E-state index in [2.05, 4.69) is 29.0 Å². The van der Waals surface area contributed by atoms with Crippen molar-refractivity contribution in [1.82, 2.24) is 19.9 Å². The number of hydrogen-bond acceptors (Lipinski definition) is 6. The van der Waals surface area contributed by atoms with Crippen molar-refractivity contribution in [1.29, 1.82) is 0 Å². The summed E-state index contributed by atoms with van der Waals surface area (Å²) in [5.74, 6) is 1.11. The zero-order valence-electron chi connectivity index (χ0n) is 23.0. The number of aromatic nitrogens is 3. The molecule has 4 aromatic rings. The van der Waals surface area contributed by atoms with Gasteiger partial charge in [0.05, 0.1) is 18.0 Å². The minimum absolute atomic E-state index is 0.00940. The number of fused-ring (bicyclic) bond motifs is 1. The molecule has 5 rings (SSSR count). The molecule has 0 saturated carbocycles. The zero-order valence-corrected chi connectivity index (χ0v) is 23.0. The number of ether oxygens (including phenoxy) is 2. The molecule has 0 spiro atoms. The summed E-state index contributed by atoms with van der Waals surface area (Å²) in [7, 11) is 1.62. The maximum absolute atomic E-state index is 14.3. The molecule has 1 saturated heterocycles. The first-order chi connectivity index (χ1) is 18.6. The van der Waals surface area contributed by atoms with Crippen LogP contribution in [0.25, 0.3) is 11.0 Å². The van der Waals surface area contributed by atoms with Crippen molar-refractivity contribution in [3.8, 4) is 5.75 Å². The van der Waals surface area contributed by atoms with Gasteiger partial charge < -0.3 is 14.5 Å². The van der Waals surface area contributed by atoms with Crippen molar-refractivity contribution in [2.75, 3.05) is 13.7 Å². The molecule has 0 bridgehead atoms. The van der Waals surface area contributed by atoms with Crippen molar-refractivity contribution in [3.05, 3.63) is 89.5 Å². The van der Waals surface area contributed by atoms with E-state index in [1.165, 1.54) is 4.90 Å². The van der Waals surface area contributed by atoms with Gasteiger partial charge >= 0.3 is 6.09 Å². The Hall–Kier alpha value is -4.20. The lowest BCUT2D eigenvalue weighted by Gasteiger charge is -2.29. The molecule has 0 radical (unpaired) electrons. The number of imidazole rings is 1. The second-order valence-electron chi connectivity index (χ2n) is 11.1. The highest BCUT2D eigenvalue weighted by molar-refractivity contribution is 6.03. The lowest BCUT2D eigenvalue weighted by atomic mass is 9.73. The quantitative estimate of drug-likeness (QED) is 0.343. The molecule has 2 aromatic carbocycles. The van der Waals surface area contributed by atoms with Crippen molar-refractivity contribution in [3.63, 3.8) is 0 Å². The van der Waals surface area contributed by atoms with Gasteiger partial charge in [0.25, 0.3) is 0 Å². The second-order valence-corrected chi connectivity index (χ2v) is 11.1. The van der Waals surface area contributed by atoms with Gasteiger partial charge in [-0.25, -0.2) is 14.7 Å². The Morgan fingerprint density at radius 1 is 1.10 bits per heavy atom. The summed E-state index contributed by atoms with van der Waals surface area (Å²) in [4.78, 5) is 41.3. The third-order valence-corrected chi connectivity index (χ3v) is 7.36. The van der Waals surface area contributed by atoms with Gasteiger partial charge in [-0.05, 0) is 68.5 Å². The fourth-order valence-electron chi connectivity index (χ4n) is 5.37. The van der Waals surface area contributed by atoms with E-state index in [1.54, 1.807) is 40.3 Å². The molecule has 2 amide bonds. The maximum Gasteiger partial charge on any atom is 0.417 e. The van der Waals surface area contributed by atoms with Gasteiger partial charge in [-0.3, -0.25) is 9.78 Å². The van der Waals surface area contributed by atoms with Crippen molar-refractivity contribution < 1.29 is 19.1 Å². The van der Waals surface area contributed by atoms with E-state index in [-0.39, 0.29) is 18.4 Å². The number of imide groups is 1. The standard InChI is InChI=1S/C31H34N4O4/c1-20(22-9-7-6-8-10-22)27-33-25-23(11-12-24(38-5)26(25)34-27)31(19-21-13-16-32-17-14-21)15-18-35(28(31)36)29(37)39-30(2,3)4/h6-14,16-17,20H,15,18-19H2,1-5H3,(H,33,34). The third kappa shape index (κ3) is 4.99. The van der Waals surface area contributed by atoms with Gasteiger partial charge in [0.2, 0.25) is 5.91 Å². The van der Waals surface area contributed by atoms with Crippen LogP contribution in [0.5, 0.6) is 5.75 Å². The van der Waals surface area contributed by atoms with Crippen LogP contribution in [0.15, 0.2) is 67.0 Å². The molecule has 0 aliphatic carbocycles. The largest absolute Gasteiger partial charge is 0.494 e. The Balaban J connectivity index is 1.65. The summed E-state index contributed by atoms with van der Waals surface area (Å²) in [5.41, 5.74) is 2.48. The molecule has 2 atom stereocenters. The van der Waals surface area contributed by atoms with Crippen LogP contribution in [0, 0.1) is 0 Å². The fourth-order valence-corrected chi connectivity index (χ4v) is 5.37. The number of aromatic amines is 1. The maximum atomic E-state index is 14.3. The molecule has 1 fully saturated rings. The molecule has 1 aliphatic heterocycles. The lowest BCUT2D eigenvalue weighted by molar-refractivity contribution is -0.131. The van der Waals surface area contributed by atoms with E-state index >= 15 is 0 Å². The molecule has 8 nitrogen and oxygen atoms in total. The highest BCUT2D eigenvalue weighted by Gasteiger charge is 2.52. The molecular formula is C31H34N4O4. The smallest absolute Gasteiger partial charge is 0.417 e. The molecular weight excluding hydrogens is 492 g/mol. The highest BCUT2D eigenvalue weighted by atomic mass is 16.6. The number of carbonyl (C=O) groups is 2. The van der Waals surface area contributed by atoms with Gasteiger partial charge in [0.15, 0.2) is 0 Å². The van der Waals surface area contributed by atoms with E-state index in [9.17, 15) is 9.59 Å². The van der Waals surface area contributed by atoms with Gasteiger partial charge in [-0.15, -0.1) is 0 Å². The van der Waals surface area contributed by atoms with Crippen molar-refractivity contribution >= 4 is 23.0 Å². The summed E-state index contributed by atoms with van der Waals surface area (Å²) in [5, 5.41) is 0. The average molecular weight is 527 g/mol. The Morgan fingerprint density at radius 2 is 1.82 bits per heavy atom. The van der Waals surface area contributed by atoms with Gasteiger partial charge in [0, 0.05) is 24.9 Å². The first-order valence-electron chi connectivity index (χ1n) is 13.2. The number of nitrogens with one attached hydrogen (secondary N) is 1. The van der Waals surface area contributed by atoms with E-state index < -0.39 is 17.1 Å². The third-order valence-electron chi connectivity index (χ3n) is 7.36. The van der Waals surface area contributed by atoms with Crippen LogP contribution in [-0.4, -0.2) is 51.1 Å².